The molecule has 2 aromatic heterocycles. The Balaban J connectivity index is 1.33. The Morgan fingerprint density at radius 3 is 2.63 bits per heavy atom. The van der Waals surface area contributed by atoms with Crippen molar-refractivity contribution in [3.05, 3.63) is 83.5 Å². The van der Waals surface area contributed by atoms with Gasteiger partial charge in [0.2, 0.25) is 5.95 Å². The minimum atomic E-state index is -4.56. The molecule has 5 rings (SSSR count). The van der Waals surface area contributed by atoms with Gasteiger partial charge in [-0.2, -0.15) is 13.2 Å². The highest BCUT2D eigenvalue weighted by atomic mass is 32.1. The average molecular weight is 502 g/mol. The Labute approximate surface area is 201 Å². The second-order valence-electron chi connectivity index (χ2n) is 8.18. The molecule has 6 nitrogen and oxygen atoms in total. The topological polar surface area (TPSA) is 74.2 Å². The molecule has 2 aromatic carbocycles. The first kappa shape index (κ1) is 23.2. The van der Waals surface area contributed by atoms with Crippen molar-refractivity contribution < 1.29 is 22.7 Å². The van der Waals surface area contributed by atoms with Crippen molar-refractivity contribution in [3.63, 3.8) is 0 Å². The summed E-state index contributed by atoms with van der Waals surface area (Å²) < 4.78 is 52.0. The number of aliphatic hydroxyl groups is 1. The molecule has 3 heterocycles. The van der Waals surface area contributed by atoms with E-state index < -0.39 is 17.5 Å². The van der Waals surface area contributed by atoms with Gasteiger partial charge in [0.15, 0.2) is 0 Å². The predicted molar refractivity (Wildman–Crippen MR) is 125 cm³/mol. The van der Waals surface area contributed by atoms with Crippen LogP contribution in [0.3, 0.4) is 0 Å². The molecule has 0 amide bonds. The Hall–Kier alpha value is -3.57. The van der Waals surface area contributed by atoms with Gasteiger partial charge in [0.1, 0.15) is 22.1 Å². The van der Waals surface area contributed by atoms with Crippen LogP contribution in [-0.4, -0.2) is 33.1 Å². The molecule has 1 saturated heterocycles. The van der Waals surface area contributed by atoms with Crippen LogP contribution in [0.4, 0.5) is 34.9 Å². The van der Waals surface area contributed by atoms with E-state index in [1.807, 2.05) is 11.0 Å². The number of β-amino-alcohol motifs (C(OH)–C–C–N with tert-alkyl or cyclic N) is 1. The Morgan fingerprint density at radius 1 is 1.06 bits per heavy atom. The largest absolute Gasteiger partial charge is 0.433 e. The molecule has 1 atom stereocenters. The number of hydrogen-bond donors (Lipinski definition) is 2. The summed E-state index contributed by atoms with van der Waals surface area (Å²) >= 11 is 1.35. The highest BCUT2D eigenvalue weighted by molar-refractivity contribution is 7.15. The zero-order valence-electron chi connectivity index (χ0n) is 18.1. The van der Waals surface area contributed by atoms with Gasteiger partial charge in [-0.05, 0) is 48.0 Å². The number of anilines is 3. The summed E-state index contributed by atoms with van der Waals surface area (Å²) in [6, 6.07) is 14.0. The Kier molecular flexibility index (Phi) is 5.89. The second-order valence-corrected chi connectivity index (χ2v) is 9.21. The van der Waals surface area contributed by atoms with E-state index in [1.54, 1.807) is 36.5 Å². The van der Waals surface area contributed by atoms with E-state index in [0.29, 0.717) is 30.2 Å². The molecule has 35 heavy (non-hydrogen) atoms. The van der Waals surface area contributed by atoms with Crippen LogP contribution < -0.4 is 10.2 Å². The molecule has 0 spiro atoms. The standard InChI is InChI=1S/C24H19F4N5OS/c25-16-4-6-18(7-5-16)33-11-9-23(34,14-33)21-30-13-19(35-21)15-2-1-3-17(12-15)31-22-29-10-8-20(32-22)24(26,27)28/h1-8,10,12-13,34H,9,11,14H2,(H,29,31,32). The van der Waals surface area contributed by atoms with Crippen molar-refractivity contribution >= 4 is 28.7 Å². The highest BCUT2D eigenvalue weighted by Crippen LogP contribution is 2.39. The number of benzene rings is 2. The minimum absolute atomic E-state index is 0.164. The van der Waals surface area contributed by atoms with Gasteiger partial charge in [-0.15, -0.1) is 11.3 Å². The van der Waals surface area contributed by atoms with Crippen LogP contribution in [0.1, 0.15) is 17.1 Å². The van der Waals surface area contributed by atoms with Crippen LogP contribution in [0, 0.1) is 5.82 Å². The first-order valence-electron chi connectivity index (χ1n) is 10.7. The summed E-state index contributed by atoms with van der Waals surface area (Å²) in [4.78, 5) is 14.6. The van der Waals surface area contributed by atoms with Crippen molar-refractivity contribution in [2.45, 2.75) is 18.2 Å². The van der Waals surface area contributed by atoms with E-state index in [1.165, 1.54) is 23.5 Å². The lowest BCUT2D eigenvalue weighted by atomic mass is 10.1. The van der Waals surface area contributed by atoms with Gasteiger partial charge in [-0.3, -0.25) is 0 Å². The molecule has 2 N–H and O–H groups in total. The summed E-state index contributed by atoms with van der Waals surface area (Å²) in [6.45, 7) is 0.938. The van der Waals surface area contributed by atoms with Crippen molar-refractivity contribution in [2.24, 2.45) is 0 Å². The van der Waals surface area contributed by atoms with Gasteiger partial charge in [0.25, 0.3) is 0 Å². The number of alkyl halides is 3. The van der Waals surface area contributed by atoms with Gasteiger partial charge < -0.3 is 15.3 Å². The van der Waals surface area contributed by atoms with Crippen molar-refractivity contribution in [1.29, 1.82) is 0 Å². The lowest BCUT2D eigenvalue weighted by molar-refractivity contribution is -0.141. The molecule has 1 aliphatic heterocycles. The summed E-state index contributed by atoms with van der Waals surface area (Å²) in [5.41, 5.74) is -0.0482. The third-order valence-corrected chi connectivity index (χ3v) is 6.93. The summed E-state index contributed by atoms with van der Waals surface area (Å²) in [7, 11) is 0. The quantitative estimate of drug-likeness (QED) is 0.347. The summed E-state index contributed by atoms with van der Waals surface area (Å²) in [5.74, 6) is -0.479. The minimum Gasteiger partial charge on any atom is -0.381 e. The number of hydrogen-bond acceptors (Lipinski definition) is 7. The normalized spacial score (nSPS) is 18.1. The van der Waals surface area contributed by atoms with Crippen LogP contribution in [0.5, 0.6) is 0 Å². The monoisotopic (exact) mass is 501 g/mol. The van der Waals surface area contributed by atoms with E-state index in [9.17, 15) is 22.7 Å². The lowest BCUT2D eigenvalue weighted by Crippen LogP contribution is -2.30. The fourth-order valence-corrected chi connectivity index (χ4v) is 4.94. The van der Waals surface area contributed by atoms with Crippen LogP contribution in [-0.2, 0) is 11.8 Å². The number of nitrogens with one attached hydrogen (secondary N) is 1. The van der Waals surface area contributed by atoms with Gasteiger partial charge in [-0.1, -0.05) is 12.1 Å². The van der Waals surface area contributed by atoms with E-state index >= 15 is 0 Å². The smallest absolute Gasteiger partial charge is 0.381 e. The van der Waals surface area contributed by atoms with Crippen LogP contribution in [0.15, 0.2) is 67.0 Å². The fraction of sp³-hybridized carbons (Fsp3) is 0.208. The van der Waals surface area contributed by atoms with Crippen LogP contribution in [0.25, 0.3) is 10.4 Å². The van der Waals surface area contributed by atoms with Crippen molar-refractivity contribution in [2.75, 3.05) is 23.3 Å². The molecule has 4 aromatic rings. The molecule has 1 fully saturated rings. The molecule has 0 saturated carbocycles. The van der Waals surface area contributed by atoms with Crippen molar-refractivity contribution in [1.82, 2.24) is 15.0 Å². The zero-order chi connectivity index (χ0) is 24.6. The summed E-state index contributed by atoms with van der Waals surface area (Å²) in [5, 5.41) is 14.6. The molecule has 0 bridgehead atoms. The average Bonchev–Trinajstić information content (AvgIpc) is 3.48. The van der Waals surface area contributed by atoms with Crippen LogP contribution >= 0.6 is 11.3 Å². The Morgan fingerprint density at radius 2 is 1.86 bits per heavy atom. The zero-order valence-corrected chi connectivity index (χ0v) is 18.9. The second kappa shape index (κ2) is 8.90. The van der Waals surface area contributed by atoms with E-state index in [4.69, 9.17) is 0 Å². The Bertz CT molecular complexity index is 1340. The molecule has 1 unspecified atom stereocenters. The van der Waals surface area contributed by atoms with E-state index in [0.717, 1.165) is 28.4 Å². The highest BCUT2D eigenvalue weighted by Gasteiger charge is 2.40. The maximum absolute atomic E-state index is 13.2. The fourth-order valence-electron chi connectivity index (χ4n) is 3.92. The first-order valence-corrected chi connectivity index (χ1v) is 11.5. The summed E-state index contributed by atoms with van der Waals surface area (Å²) in [6.07, 6.45) is -1.37. The molecule has 0 radical (unpaired) electrons. The number of rotatable bonds is 5. The molecular weight excluding hydrogens is 482 g/mol. The van der Waals surface area contributed by atoms with Gasteiger partial charge in [-0.25, -0.2) is 19.3 Å². The molecule has 1 aliphatic rings. The predicted octanol–water partition coefficient (Wildman–Crippen LogP) is 5.60. The van der Waals surface area contributed by atoms with E-state index in [-0.39, 0.29) is 11.8 Å². The molecule has 180 valence electrons. The number of thiazole rings is 1. The molecule has 11 heteroatoms. The molecular formula is C24H19F4N5OS. The lowest BCUT2D eigenvalue weighted by Gasteiger charge is -2.22. The SMILES string of the molecule is OC1(c2ncc(-c3cccc(Nc4nccc(C(F)(F)F)n4)c3)s2)CCN(c2ccc(F)cc2)C1. The van der Waals surface area contributed by atoms with Gasteiger partial charge in [0.05, 0.1) is 11.4 Å². The van der Waals surface area contributed by atoms with Crippen LogP contribution in [0.2, 0.25) is 0 Å². The first-order chi connectivity index (χ1) is 16.7. The van der Waals surface area contributed by atoms with Crippen molar-refractivity contribution in [3.8, 4) is 10.4 Å². The molecule has 0 aliphatic carbocycles. The third kappa shape index (κ3) is 4.96. The third-order valence-electron chi connectivity index (χ3n) is 5.69. The number of nitrogens with zero attached hydrogens (tertiary/aromatic N) is 4. The number of halogens is 4. The van der Waals surface area contributed by atoms with Gasteiger partial charge in [0, 0.05) is 36.7 Å². The maximum atomic E-state index is 13.2. The maximum Gasteiger partial charge on any atom is 0.433 e. The number of aromatic nitrogens is 3. The van der Waals surface area contributed by atoms with Gasteiger partial charge >= 0.3 is 6.18 Å². The van der Waals surface area contributed by atoms with E-state index in [2.05, 4.69) is 20.3 Å².